The van der Waals surface area contributed by atoms with E-state index in [4.69, 9.17) is 16.3 Å². The molecule has 188 valence electrons. The average molecular weight is 492 g/mol. The van der Waals surface area contributed by atoms with Crippen molar-refractivity contribution in [2.75, 3.05) is 0 Å². The van der Waals surface area contributed by atoms with Crippen molar-refractivity contribution >= 4 is 29.4 Å². The molecule has 34 heavy (non-hydrogen) atoms. The van der Waals surface area contributed by atoms with E-state index in [1.54, 1.807) is 40.0 Å². The van der Waals surface area contributed by atoms with Crippen molar-refractivity contribution < 1.29 is 24.5 Å². The number of hydrogen-bond acceptors (Lipinski definition) is 6. The molecule has 6 nitrogen and oxygen atoms in total. The number of esters is 1. The van der Waals surface area contributed by atoms with Crippen LogP contribution >= 0.6 is 11.6 Å². The highest BCUT2D eigenvalue weighted by molar-refractivity contribution is 6.32. The number of aromatic nitrogens is 1. The van der Waals surface area contributed by atoms with Crippen LogP contribution in [0, 0.1) is 17.3 Å². The standard InChI is InChI=1S/C27H38ClNO5/c1-18-9-8-10-19(2)27(32,33)20(3)25(31)26(4,5)15-14-24(30)34-23(13-12-18)22(28)17-21-11-6-7-16-29-21/h6-7,11-12,16-17,19-20,23,32-33H,8-10,13-15H2,1-5H3. The summed E-state index contributed by atoms with van der Waals surface area (Å²) in [5.41, 5.74) is 0.836. The third-order valence-corrected chi connectivity index (χ3v) is 7.17. The Bertz CT molecular complexity index is 907. The summed E-state index contributed by atoms with van der Waals surface area (Å²) in [4.78, 5) is 30.1. The van der Waals surface area contributed by atoms with Gasteiger partial charge in [-0.1, -0.05) is 57.0 Å². The van der Waals surface area contributed by atoms with Gasteiger partial charge in [0.25, 0.3) is 0 Å². The second-order valence-electron chi connectivity index (χ2n) is 10.1. The first-order valence-electron chi connectivity index (χ1n) is 12.0. The first kappa shape index (κ1) is 28.2. The fourth-order valence-corrected chi connectivity index (χ4v) is 4.43. The van der Waals surface area contributed by atoms with Crippen LogP contribution < -0.4 is 0 Å². The minimum Gasteiger partial charge on any atom is -0.456 e. The van der Waals surface area contributed by atoms with Crippen molar-refractivity contribution in [3.63, 3.8) is 0 Å². The van der Waals surface area contributed by atoms with E-state index in [1.807, 2.05) is 31.2 Å². The lowest BCUT2D eigenvalue weighted by molar-refractivity contribution is -0.230. The highest BCUT2D eigenvalue weighted by Gasteiger charge is 2.45. The summed E-state index contributed by atoms with van der Waals surface area (Å²) >= 11 is 6.56. The predicted octanol–water partition coefficient (Wildman–Crippen LogP) is 5.42. The lowest BCUT2D eigenvalue weighted by Crippen LogP contribution is -2.49. The fraction of sp³-hybridized carbons (Fsp3) is 0.593. The molecule has 0 amide bonds. The zero-order valence-corrected chi connectivity index (χ0v) is 21.6. The van der Waals surface area contributed by atoms with Crippen LogP contribution in [0.15, 0.2) is 41.1 Å². The number of hydrogen-bond donors (Lipinski definition) is 2. The summed E-state index contributed by atoms with van der Waals surface area (Å²) in [7, 11) is 0. The number of carbonyl (C=O) groups excluding carboxylic acids is 2. The molecule has 7 heteroatoms. The van der Waals surface area contributed by atoms with Gasteiger partial charge in [0.05, 0.1) is 16.6 Å². The van der Waals surface area contributed by atoms with Crippen molar-refractivity contribution in [2.45, 2.75) is 85.0 Å². The number of carbonyl (C=O) groups is 2. The molecule has 1 aromatic heterocycles. The molecule has 1 aromatic rings. The first-order valence-corrected chi connectivity index (χ1v) is 12.3. The van der Waals surface area contributed by atoms with E-state index >= 15 is 0 Å². The molecule has 0 fully saturated rings. The maximum Gasteiger partial charge on any atom is 0.306 e. The summed E-state index contributed by atoms with van der Waals surface area (Å²) in [6, 6.07) is 5.48. The van der Waals surface area contributed by atoms with Crippen LogP contribution in [0.1, 0.15) is 78.8 Å². The van der Waals surface area contributed by atoms with E-state index in [0.29, 0.717) is 23.6 Å². The normalized spacial score (nSPS) is 27.6. The third-order valence-electron chi connectivity index (χ3n) is 6.82. The summed E-state index contributed by atoms with van der Waals surface area (Å²) in [5.74, 6) is -4.32. The molecular formula is C27H38ClNO5. The number of allylic oxidation sites excluding steroid dienone is 1. The number of halogens is 1. The Hall–Kier alpha value is -2.02. The summed E-state index contributed by atoms with van der Waals surface area (Å²) in [5, 5.41) is 21.9. The molecule has 0 spiro atoms. The van der Waals surface area contributed by atoms with Crippen LogP contribution in [0.5, 0.6) is 0 Å². The molecule has 0 radical (unpaired) electrons. The Labute approximate surface area is 208 Å². The van der Waals surface area contributed by atoms with Crippen LogP contribution in [0.4, 0.5) is 0 Å². The van der Waals surface area contributed by atoms with Crippen molar-refractivity contribution in [3.8, 4) is 0 Å². The van der Waals surface area contributed by atoms with Gasteiger partial charge in [0.2, 0.25) is 0 Å². The van der Waals surface area contributed by atoms with E-state index in [9.17, 15) is 19.8 Å². The Morgan fingerprint density at radius 1 is 1.21 bits per heavy atom. The molecule has 0 saturated carbocycles. The molecule has 2 rings (SSSR count). The van der Waals surface area contributed by atoms with Gasteiger partial charge in [-0.3, -0.25) is 14.6 Å². The molecule has 3 unspecified atom stereocenters. The van der Waals surface area contributed by atoms with Crippen molar-refractivity contribution in [1.82, 2.24) is 4.98 Å². The Kier molecular flexibility index (Phi) is 10.0. The number of nitrogens with zero attached hydrogens (tertiary/aromatic N) is 1. The van der Waals surface area contributed by atoms with Gasteiger partial charge in [0, 0.05) is 30.4 Å². The number of Topliss-reactive ketones (excluding diaryl/α,β-unsaturated/α-hetero) is 1. The number of aliphatic hydroxyl groups is 2. The van der Waals surface area contributed by atoms with Gasteiger partial charge < -0.3 is 14.9 Å². The lowest BCUT2D eigenvalue weighted by atomic mass is 9.73. The van der Waals surface area contributed by atoms with E-state index in [-0.39, 0.29) is 18.6 Å². The Balaban J connectivity index is 2.31. The van der Waals surface area contributed by atoms with E-state index in [1.165, 1.54) is 0 Å². The monoisotopic (exact) mass is 491 g/mol. The Morgan fingerprint density at radius 2 is 1.91 bits per heavy atom. The van der Waals surface area contributed by atoms with Crippen LogP contribution in [-0.4, -0.2) is 38.8 Å². The molecule has 2 heterocycles. The quantitative estimate of drug-likeness (QED) is 0.325. The minimum absolute atomic E-state index is 0.0117. The fourth-order valence-electron chi connectivity index (χ4n) is 4.18. The van der Waals surface area contributed by atoms with Crippen LogP contribution in [0.2, 0.25) is 0 Å². The summed E-state index contributed by atoms with van der Waals surface area (Å²) in [6.45, 7) is 8.74. The van der Waals surface area contributed by atoms with Crippen molar-refractivity contribution in [1.29, 1.82) is 0 Å². The van der Waals surface area contributed by atoms with Gasteiger partial charge in [0.15, 0.2) is 5.79 Å². The number of pyridine rings is 1. The lowest BCUT2D eigenvalue weighted by Gasteiger charge is -2.37. The molecule has 2 N–H and O–H groups in total. The van der Waals surface area contributed by atoms with Gasteiger partial charge in [0.1, 0.15) is 11.9 Å². The van der Waals surface area contributed by atoms with Gasteiger partial charge in [-0.25, -0.2) is 0 Å². The average Bonchev–Trinajstić information content (AvgIpc) is 2.79. The number of ketones is 1. The number of cyclic esters (lactones) is 1. The molecule has 0 aromatic carbocycles. The topological polar surface area (TPSA) is 96.7 Å². The predicted molar refractivity (Wildman–Crippen MR) is 134 cm³/mol. The molecule has 0 aliphatic carbocycles. The zero-order valence-electron chi connectivity index (χ0n) is 20.9. The largest absolute Gasteiger partial charge is 0.456 e. The first-order chi connectivity index (χ1) is 15.8. The summed E-state index contributed by atoms with van der Waals surface area (Å²) < 4.78 is 5.73. The van der Waals surface area contributed by atoms with Gasteiger partial charge in [-0.15, -0.1) is 0 Å². The van der Waals surface area contributed by atoms with Crippen molar-refractivity contribution in [3.05, 3.63) is 46.8 Å². The highest BCUT2D eigenvalue weighted by Crippen LogP contribution is 2.36. The summed E-state index contributed by atoms with van der Waals surface area (Å²) in [6.07, 6.45) is 7.41. The maximum atomic E-state index is 13.1. The van der Waals surface area contributed by atoms with Crippen LogP contribution in [-0.2, 0) is 14.3 Å². The number of rotatable bonds is 2. The van der Waals surface area contributed by atoms with E-state index in [2.05, 4.69) is 4.98 Å². The zero-order chi connectivity index (χ0) is 25.5. The second-order valence-corrected chi connectivity index (χ2v) is 10.5. The van der Waals surface area contributed by atoms with Gasteiger partial charge in [-0.05, 0) is 50.8 Å². The van der Waals surface area contributed by atoms with Crippen LogP contribution in [0.3, 0.4) is 0 Å². The molecule has 1 aliphatic heterocycles. The molecule has 1 aliphatic rings. The second kappa shape index (κ2) is 12.1. The minimum atomic E-state index is -2.11. The SMILES string of the molecule is CC1=CCC(C(Cl)=Cc2ccccn2)OC(=O)CCC(C)(C)C(=O)C(C)C(O)(O)C(C)CCC1. The third kappa shape index (κ3) is 7.76. The van der Waals surface area contributed by atoms with Gasteiger partial charge >= 0.3 is 5.97 Å². The smallest absolute Gasteiger partial charge is 0.306 e. The van der Waals surface area contributed by atoms with Gasteiger partial charge in [-0.2, -0.15) is 0 Å². The molecule has 0 bridgehead atoms. The van der Waals surface area contributed by atoms with E-state index in [0.717, 1.165) is 18.4 Å². The van der Waals surface area contributed by atoms with Crippen molar-refractivity contribution in [2.24, 2.45) is 17.3 Å². The molecule has 0 saturated heterocycles. The van der Waals surface area contributed by atoms with Crippen LogP contribution in [0.25, 0.3) is 6.08 Å². The Morgan fingerprint density at radius 3 is 2.56 bits per heavy atom. The maximum absolute atomic E-state index is 13.1. The number of ether oxygens (including phenoxy) is 1. The molecular weight excluding hydrogens is 454 g/mol. The molecule has 3 atom stereocenters. The van der Waals surface area contributed by atoms with E-state index < -0.39 is 35.1 Å². The highest BCUT2D eigenvalue weighted by atomic mass is 35.5.